The van der Waals surface area contributed by atoms with E-state index in [0.29, 0.717) is 25.9 Å². The molecule has 1 aromatic heterocycles. The third-order valence-corrected chi connectivity index (χ3v) is 6.75. The fraction of sp³-hybridized carbons (Fsp3) is 0.625. The van der Waals surface area contributed by atoms with Crippen LogP contribution in [0.1, 0.15) is 75.0 Å². The lowest BCUT2D eigenvalue weighted by Crippen LogP contribution is -2.26. The molecule has 1 aliphatic carbocycles. The van der Waals surface area contributed by atoms with Crippen LogP contribution in [0.2, 0.25) is 0 Å². The van der Waals surface area contributed by atoms with Crippen LogP contribution in [-0.2, 0) is 16.2 Å². The van der Waals surface area contributed by atoms with Gasteiger partial charge in [-0.25, -0.2) is 4.98 Å². The zero-order chi connectivity index (χ0) is 21.0. The molecule has 0 bridgehead atoms. The third-order valence-electron chi connectivity index (χ3n) is 5.65. The van der Waals surface area contributed by atoms with Crippen LogP contribution in [-0.4, -0.2) is 28.4 Å². The van der Waals surface area contributed by atoms with Crippen LogP contribution < -0.4 is 0 Å². The first kappa shape index (κ1) is 22.4. The maximum atomic E-state index is 6.10. The number of aromatic nitrogens is 2. The number of benzene rings is 1. The Morgan fingerprint density at radius 1 is 1.07 bits per heavy atom. The molecule has 2 aromatic rings. The van der Waals surface area contributed by atoms with Gasteiger partial charge >= 0.3 is 0 Å². The second-order valence-electron chi connectivity index (χ2n) is 8.90. The summed E-state index contributed by atoms with van der Waals surface area (Å²) in [4.78, 5) is 6.11. The predicted octanol–water partition coefficient (Wildman–Crippen LogP) is 6.41. The van der Waals surface area contributed by atoms with Gasteiger partial charge in [-0.15, -0.1) is 0 Å². The number of aryl methyl sites for hydroxylation is 3. The lowest BCUT2D eigenvalue weighted by Gasteiger charge is -2.24. The van der Waals surface area contributed by atoms with Crippen LogP contribution in [0.5, 0.6) is 0 Å². The van der Waals surface area contributed by atoms with Crippen LogP contribution >= 0.6 is 11.8 Å². The summed E-state index contributed by atoms with van der Waals surface area (Å²) in [6.45, 7) is 14.8. The van der Waals surface area contributed by atoms with Crippen molar-refractivity contribution in [2.75, 3.05) is 13.2 Å². The molecule has 0 saturated heterocycles. The average molecular weight is 417 g/mol. The second kappa shape index (κ2) is 9.67. The van der Waals surface area contributed by atoms with Crippen LogP contribution in [0.15, 0.2) is 28.1 Å². The average Bonchev–Trinajstić information content (AvgIpc) is 3.19. The van der Waals surface area contributed by atoms with Gasteiger partial charge in [0.2, 0.25) is 0 Å². The van der Waals surface area contributed by atoms with E-state index in [0.717, 1.165) is 11.5 Å². The first-order chi connectivity index (χ1) is 13.8. The molecule has 0 spiro atoms. The fourth-order valence-electron chi connectivity index (χ4n) is 4.08. The monoisotopic (exact) mass is 416 g/mol. The van der Waals surface area contributed by atoms with Crippen molar-refractivity contribution in [2.45, 2.75) is 95.4 Å². The SMILES string of the molecule is Cc1cc(C)cc(Sc2c(C(C)C)nc(C)n2COCCOC2(C)CCCC2)c1. The predicted molar refractivity (Wildman–Crippen MR) is 120 cm³/mol. The summed E-state index contributed by atoms with van der Waals surface area (Å²) >= 11 is 1.79. The van der Waals surface area contributed by atoms with Crippen LogP contribution in [0.25, 0.3) is 0 Å². The Hall–Kier alpha value is -1.30. The fourth-order valence-corrected chi connectivity index (χ4v) is 5.47. The summed E-state index contributed by atoms with van der Waals surface area (Å²) in [5.74, 6) is 1.37. The molecular formula is C24H36N2O2S. The standard InChI is InChI=1S/C24H36N2O2S/c1-17(2)22-23(29-21-14-18(3)13-19(4)15-21)26(20(5)25-22)16-27-11-12-28-24(6)9-7-8-10-24/h13-15,17H,7-12,16H2,1-6H3. The summed E-state index contributed by atoms with van der Waals surface area (Å²) in [6.07, 6.45) is 4.90. The van der Waals surface area contributed by atoms with E-state index in [-0.39, 0.29) is 5.60 Å². The Labute approximate surface area is 180 Å². The Morgan fingerprint density at radius 2 is 1.72 bits per heavy atom. The molecule has 0 N–H and O–H groups in total. The lowest BCUT2D eigenvalue weighted by molar-refractivity contribution is -0.0620. The van der Waals surface area contributed by atoms with Crippen LogP contribution in [0.4, 0.5) is 0 Å². The Kier molecular flexibility index (Phi) is 7.47. The molecule has 0 atom stereocenters. The van der Waals surface area contributed by atoms with Crippen molar-refractivity contribution in [3.05, 3.63) is 40.8 Å². The number of hydrogen-bond acceptors (Lipinski definition) is 4. The summed E-state index contributed by atoms with van der Waals surface area (Å²) in [6, 6.07) is 6.70. The van der Waals surface area contributed by atoms with Crippen molar-refractivity contribution in [3.8, 4) is 0 Å². The molecule has 1 aliphatic rings. The molecule has 160 valence electrons. The van der Waals surface area contributed by atoms with E-state index in [4.69, 9.17) is 14.5 Å². The summed E-state index contributed by atoms with van der Waals surface area (Å²) in [5, 5.41) is 1.19. The summed E-state index contributed by atoms with van der Waals surface area (Å²) in [7, 11) is 0. The zero-order valence-electron chi connectivity index (χ0n) is 18.9. The maximum Gasteiger partial charge on any atom is 0.125 e. The smallest absolute Gasteiger partial charge is 0.125 e. The van der Waals surface area contributed by atoms with Gasteiger partial charge in [0.05, 0.1) is 24.5 Å². The van der Waals surface area contributed by atoms with Gasteiger partial charge in [-0.1, -0.05) is 44.5 Å². The first-order valence-electron chi connectivity index (χ1n) is 10.8. The van der Waals surface area contributed by atoms with Gasteiger partial charge < -0.3 is 9.47 Å². The van der Waals surface area contributed by atoms with E-state index in [9.17, 15) is 0 Å². The highest BCUT2D eigenvalue weighted by Gasteiger charge is 2.29. The van der Waals surface area contributed by atoms with E-state index >= 15 is 0 Å². The number of nitrogens with zero attached hydrogens (tertiary/aromatic N) is 2. The molecule has 1 fully saturated rings. The molecular weight excluding hydrogens is 380 g/mol. The van der Waals surface area contributed by atoms with Gasteiger partial charge in [-0.2, -0.15) is 0 Å². The Bertz CT molecular complexity index is 802. The lowest BCUT2D eigenvalue weighted by atomic mass is 10.1. The van der Waals surface area contributed by atoms with Gasteiger partial charge in [0.1, 0.15) is 17.6 Å². The van der Waals surface area contributed by atoms with Crippen molar-refractivity contribution in [2.24, 2.45) is 0 Å². The van der Waals surface area contributed by atoms with Crippen molar-refractivity contribution >= 4 is 11.8 Å². The van der Waals surface area contributed by atoms with E-state index < -0.39 is 0 Å². The maximum absolute atomic E-state index is 6.10. The van der Waals surface area contributed by atoms with Crippen molar-refractivity contribution in [3.63, 3.8) is 0 Å². The van der Waals surface area contributed by atoms with Crippen LogP contribution in [0, 0.1) is 20.8 Å². The normalized spacial score (nSPS) is 16.1. The summed E-state index contributed by atoms with van der Waals surface area (Å²) in [5.41, 5.74) is 3.78. The molecule has 3 rings (SSSR count). The van der Waals surface area contributed by atoms with E-state index in [1.807, 2.05) is 0 Å². The molecule has 1 heterocycles. The van der Waals surface area contributed by atoms with Gasteiger partial charge in [0.25, 0.3) is 0 Å². The van der Waals surface area contributed by atoms with Crippen LogP contribution in [0.3, 0.4) is 0 Å². The quantitative estimate of drug-likeness (QED) is 0.443. The molecule has 1 saturated carbocycles. The minimum Gasteiger partial charge on any atom is -0.373 e. The molecule has 29 heavy (non-hydrogen) atoms. The van der Waals surface area contributed by atoms with Crippen molar-refractivity contribution in [1.82, 2.24) is 9.55 Å². The number of imidazole rings is 1. The van der Waals surface area contributed by atoms with Gasteiger partial charge in [-0.3, -0.25) is 4.57 Å². The topological polar surface area (TPSA) is 36.3 Å². The molecule has 0 aliphatic heterocycles. The second-order valence-corrected chi connectivity index (χ2v) is 9.96. The molecule has 5 heteroatoms. The zero-order valence-corrected chi connectivity index (χ0v) is 19.7. The third kappa shape index (κ3) is 5.87. The molecule has 0 unspecified atom stereocenters. The highest BCUT2D eigenvalue weighted by atomic mass is 32.2. The van der Waals surface area contributed by atoms with Crippen molar-refractivity contribution < 1.29 is 9.47 Å². The highest BCUT2D eigenvalue weighted by Crippen LogP contribution is 2.36. The Morgan fingerprint density at radius 3 is 2.34 bits per heavy atom. The molecule has 0 radical (unpaired) electrons. The highest BCUT2D eigenvalue weighted by molar-refractivity contribution is 7.99. The van der Waals surface area contributed by atoms with Crippen molar-refractivity contribution in [1.29, 1.82) is 0 Å². The van der Waals surface area contributed by atoms with E-state index in [1.54, 1.807) is 11.8 Å². The number of ether oxygens (including phenoxy) is 2. The van der Waals surface area contributed by atoms with Gasteiger partial charge in [0.15, 0.2) is 0 Å². The van der Waals surface area contributed by atoms with Gasteiger partial charge in [0, 0.05) is 4.90 Å². The minimum absolute atomic E-state index is 0.0587. The summed E-state index contributed by atoms with van der Waals surface area (Å²) < 4.78 is 14.3. The Balaban J connectivity index is 1.67. The first-order valence-corrected chi connectivity index (χ1v) is 11.6. The van der Waals surface area contributed by atoms with E-state index in [1.165, 1.54) is 46.7 Å². The number of hydrogen-bond donors (Lipinski definition) is 0. The molecule has 4 nitrogen and oxygen atoms in total. The largest absolute Gasteiger partial charge is 0.373 e. The number of rotatable bonds is 9. The minimum atomic E-state index is 0.0587. The van der Waals surface area contributed by atoms with E-state index in [2.05, 4.69) is 64.3 Å². The van der Waals surface area contributed by atoms with Gasteiger partial charge in [-0.05, 0) is 69.7 Å². The molecule has 0 amide bonds. The molecule has 1 aromatic carbocycles.